The summed E-state index contributed by atoms with van der Waals surface area (Å²) >= 11 is 13.3. The van der Waals surface area contributed by atoms with E-state index in [0.29, 0.717) is 22.4 Å². The van der Waals surface area contributed by atoms with Gasteiger partial charge in [-0.1, -0.05) is 39.7 Å². The van der Waals surface area contributed by atoms with E-state index in [4.69, 9.17) is 17.3 Å². The van der Waals surface area contributed by atoms with Gasteiger partial charge in [0, 0.05) is 52.6 Å². The molecule has 2 heterocycles. The van der Waals surface area contributed by atoms with Crippen molar-refractivity contribution in [3.05, 3.63) is 67.1 Å². The number of nitrogens with two attached hydrogens (primary N) is 1. The molecule has 3 atom stereocenters. The van der Waals surface area contributed by atoms with Crippen LogP contribution >= 0.6 is 43.5 Å². The van der Waals surface area contributed by atoms with Crippen molar-refractivity contribution < 1.29 is 9.59 Å². The van der Waals surface area contributed by atoms with Crippen molar-refractivity contribution in [2.75, 3.05) is 26.2 Å². The van der Waals surface area contributed by atoms with Gasteiger partial charge in [-0.15, -0.1) is 0 Å². The van der Waals surface area contributed by atoms with Crippen LogP contribution in [0.15, 0.2) is 45.3 Å². The molecule has 2 N–H and O–H groups in total. The molecular formula is C23H24Br2ClN3O2. The number of hydrogen-bond donors (Lipinski definition) is 1. The Bertz CT molecular complexity index is 1020. The number of hydrogen-bond acceptors (Lipinski definition) is 3. The quantitative estimate of drug-likeness (QED) is 0.563. The molecular weight excluding hydrogens is 546 g/mol. The minimum atomic E-state index is -0.324. The first-order chi connectivity index (χ1) is 14.7. The van der Waals surface area contributed by atoms with E-state index >= 15 is 0 Å². The van der Waals surface area contributed by atoms with E-state index in [1.54, 1.807) is 0 Å². The average molecular weight is 570 g/mol. The summed E-state index contributed by atoms with van der Waals surface area (Å²) in [5, 5.41) is 0.697. The Kier molecular flexibility index (Phi) is 6.77. The Morgan fingerprint density at radius 1 is 1.10 bits per heavy atom. The molecule has 4 rings (SSSR count). The molecule has 31 heavy (non-hydrogen) atoms. The first-order valence-corrected chi connectivity index (χ1v) is 12.2. The number of carbonyl (C=O) groups excluding carboxylic acids is 2. The van der Waals surface area contributed by atoms with Gasteiger partial charge in [0.05, 0.1) is 5.56 Å². The van der Waals surface area contributed by atoms with Crippen molar-refractivity contribution in [2.24, 2.45) is 17.6 Å². The van der Waals surface area contributed by atoms with E-state index in [0.717, 1.165) is 46.3 Å². The van der Waals surface area contributed by atoms with Crippen LogP contribution < -0.4 is 5.73 Å². The molecule has 2 aliphatic heterocycles. The van der Waals surface area contributed by atoms with Crippen LogP contribution in [0.3, 0.4) is 0 Å². The van der Waals surface area contributed by atoms with Gasteiger partial charge in [0.1, 0.15) is 0 Å². The van der Waals surface area contributed by atoms with Crippen molar-refractivity contribution in [1.29, 1.82) is 0 Å². The van der Waals surface area contributed by atoms with E-state index in [9.17, 15) is 9.59 Å². The highest BCUT2D eigenvalue weighted by molar-refractivity contribution is 9.11. The van der Waals surface area contributed by atoms with Gasteiger partial charge in [0.25, 0.3) is 5.91 Å². The third-order valence-corrected chi connectivity index (χ3v) is 7.97. The van der Waals surface area contributed by atoms with Crippen LogP contribution in [0.5, 0.6) is 0 Å². The second kappa shape index (κ2) is 9.22. The van der Waals surface area contributed by atoms with Crippen molar-refractivity contribution in [2.45, 2.75) is 19.4 Å². The highest BCUT2D eigenvalue weighted by Gasteiger charge is 2.44. The zero-order valence-electron chi connectivity index (χ0n) is 17.2. The van der Waals surface area contributed by atoms with Crippen LogP contribution in [0.4, 0.5) is 0 Å². The number of aryl methyl sites for hydroxylation is 1. The van der Waals surface area contributed by atoms with Gasteiger partial charge in [-0.2, -0.15) is 0 Å². The lowest BCUT2D eigenvalue weighted by Crippen LogP contribution is -2.36. The minimum Gasteiger partial charge on any atom is -0.370 e. The van der Waals surface area contributed by atoms with Gasteiger partial charge in [0.15, 0.2) is 0 Å². The first-order valence-electron chi connectivity index (χ1n) is 10.3. The van der Waals surface area contributed by atoms with E-state index in [2.05, 4.69) is 36.8 Å². The number of amides is 2. The summed E-state index contributed by atoms with van der Waals surface area (Å²) in [6.45, 7) is 5.06. The average Bonchev–Trinajstić information content (AvgIpc) is 3.29. The number of rotatable bonds is 5. The van der Waals surface area contributed by atoms with Crippen molar-refractivity contribution in [3.8, 4) is 0 Å². The molecule has 3 unspecified atom stereocenters. The van der Waals surface area contributed by atoms with Crippen LogP contribution in [0, 0.1) is 18.8 Å². The zero-order chi connectivity index (χ0) is 22.3. The Hall–Kier alpha value is -1.41. The molecule has 0 radical (unpaired) electrons. The summed E-state index contributed by atoms with van der Waals surface area (Å²) in [5.74, 6) is 0.487. The highest BCUT2D eigenvalue weighted by atomic mass is 79.9. The molecule has 5 nitrogen and oxygen atoms in total. The smallest absolute Gasteiger partial charge is 0.255 e. The molecule has 8 heteroatoms. The van der Waals surface area contributed by atoms with Crippen LogP contribution in [-0.4, -0.2) is 47.8 Å². The Labute approximate surface area is 204 Å². The largest absolute Gasteiger partial charge is 0.370 e. The molecule has 0 spiro atoms. The molecule has 2 saturated heterocycles. The standard InChI is InChI=1S/C23H24Br2ClN3O2/c1-13-2-3-14(6-20(13)26)21(8-22(27)30)28-9-15-11-29(12-16(15)10-28)23(31)18-7-17(24)4-5-19(18)25/h2-7,15-16,21H,8-12H2,1H3,(H2,27,30). The second-order valence-electron chi connectivity index (χ2n) is 8.50. The van der Waals surface area contributed by atoms with Crippen molar-refractivity contribution in [3.63, 3.8) is 0 Å². The summed E-state index contributed by atoms with van der Waals surface area (Å²) in [6.07, 6.45) is 0.256. The molecule has 2 amide bonds. The van der Waals surface area contributed by atoms with Crippen LogP contribution in [0.25, 0.3) is 0 Å². The van der Waals surface area contributed by atoms with Crippen LogP contribution in [0.2, 0.25) is 5.02 Å². The summed E-state index contributed by atoms with van der Waals surface area (Å²) in [7, 11) is 0. The number of fused-ring (bicyclic) bond motifs is 1. The number of benzene rings is 2. The molecule has 164 valence electrons. The summed E-state index contributed by atoms with van der Waals surface area (Å²) in [6, 6.07) is 11.5. The van der Waals surface area contributed by atoms with Gasteiger partial charge >= 0.3 is 0 Å². The molecule has 2 aromatic rings. The first kappa shape index (κ1) is 22.8. The number of primary amides is 1. The monoisotopic (exact) mass is 567 g/mol. The SMILES string of the molecule is Cc1ccc(C(CC(N)=O)N2CC3CN(C(=O)c4cc(Br)ccc4Br)CC3C2)cc1Cl. The summed E-state index contributed by atoms with van der Waals surface area (Å²) in [5.41, 5.74) is 8.27. The number of likely N-dealkylation sites (tertiary alicyclic amines) is 2. The molecule has 2 fully saturated rings. The molecule has 0 aliphatic carbocycles. The molecule has 0 bridgehead atoms. The predicted octanol–water partition coefficient (Wildman–Crippen LogP) is 4.79. The maximum atomic E-state index is 13.1. The molecule has 0 saturated carbocycles. The highest BCUT2D eigenvalue weighted by Crippen LogP contribution is 2.38. The number of halogens is 3. The second-order valence-corrected chi connectivity index (χ2v) is 10.7. The van der Waals surface area contributed by atoms with Crippen LogP contribution in [0.1, 0.15) is 33.9 Å². The molecule has 2 aliphatic rings. The number of carbonyl (C=O) groups is 2. The van der Waals surface area contributed by atoms with E-state index in [1.165, 1.54) is 0 Å². The Morgan fingerprint density at radius 3 is 2.39 bits per heavy atom. The van der Waals surface area contributed by atoms with E-state index < -0.39 is 0 Å². The predicted molar refractivity (Wildman–Crippen MR) is 129 cm³/mol. The molecule has 2 aromatic carbocycles. The lowest BCUT2D eigenvalue weighted by molar-refractivity contribution is -0.119. The van der Waals surface area contributed by atoms with Gasteiger partial charge in [-0.05, 0) is 70.1 Å². The van der Waals surface area contributed by atoms with Gasteiger partial charge in [-0.3, -0.25) is 14.5 Å². The van der Waals surface area contributed by atoms with Crippen molar-refractivity contribution >= 4 is 55.3 Å². The fourth-order valence-corrected chi connectivity index (χ4v) is 5.71. The normalized spacial score (nSPS) is 21.9. The molecule has 0 aromatic heterocycles. The summed E-state index contributed by atoms with van der Waals surface area (Å²) in [4.78, 5) is 29.2. The minimum absolute atomic E-state index is 0.0492. The maximum absolute atomic E-state index is 13.1. The number of nitrogens with zero attached hydrogens (tertiary/aromatic N) is 2. The van der Waals surface area contributed by atoms with E-state index in [1.807, 2.05) is 48.2 Å². The van der Waals surface area contributed by atoms with Crippen LogP contribution in [-0.2, 0) is 4.79 Å². The van der Waals surface area contributed by atoms with E-state index in [-0.39, 0.29) is 24.3 Å². The summed E-state index contributed by atoms with van der Waals surface area (Å²) < 4.78 is 1.69. The van der Waals surface area contributed by atoms with Crippen molar-refractivity contribution in [1.82, 2.24) is 9.80 Å². The lowest BCUT2D eigenvalue weighted by atomic mass is 10.0. The topological polar surface area (TPSA) is 66.6 Å². The lowest BCUT2D eigenvalue weighted by Gasteiger charge is -2.29. The Morgan fingerprint density at radius 2 is 1.77 bits per heavy atom. The van der Waals surface area contributed by atoms with Gasteiger partial charge in [0.2, 0.25) is 5.91 Å². The fourth-order valence-electron chi connectivity index (χ4n) is 4.75. The maximum Gasteiger partial charge on any atom is 0.255 e. The third kappa shape index (κ3) is 4.85. The third-order valence-electron chi connectivity index (χ3n) is 6.38. The fraction of sp³-hybridized carbons (Fsp3) is 0.391. The Balaban J connectivity index is 1.48. The van der Waals surface area contributed by atoms with Gasteiger partial charge < -0.3 is 10.6 Å². The van der Waals surface area contributed by atoms with Gasteiger partial charge in [-0.25, -0.2) is 0 Å². The zero-order valence-corrected chi connectivity index (χ0v) is 21.1.